The van der Waals surface area contributed by atoms with Crippen LogP contribution in [0.5, 0.6) is 0 Å². The maximum atomic E-state index is 13.4. The van der Waals surface area contributed by atoms with Gasteiger partial charge in [0.25, 0.3) is 0 Å². The van der Waals surface area contributed by atoms with Gasteiger partial charge in [-0.1, -0.05) is 31.4 Å². The molecule has 17 heavy (non-hydrogen) atoms. The predicted octanol–water partition coefficient (Wildman–Crippen LogP) is 4.19. The molecule has 0 aliphatic heterocycles. The van der Waals surface area contributed by atoms with Crippen molar-refractivity contribution in [2.24, 2.45) is 0 Å². The predicted molar refractivity (Wildman–Crippen MR) is 72.6 cm³/mol. The number of fused-ring (bicyclic) bond motifs is 1. The minimum atomic E-state index is -0.106. The number of benzene rings is 1. The summed E-state index contributed by atoms with van der Waals surface area (Å²) in [5.41, 5.74) is 2.53. The molecule has 1 aliphatic carbocycles. The van der Waals surface area contributed by atoms with Crippen molar-refractivity contribution in [1.82, 2.24) is 4.31 Å². The van der Waals surface area contributed by atoms with E-state index in [0.717, 1.165) is 18.6 Å². The van der Waals surface area contributed by atoms with Gasteiger partial charge in [-0.3, -0.25) is 0 Å². The molecule has 1 aromatic carbocycles. The van der Waals surface area contributed by atoms with Gasteiger partial charge >= 0.3 is 0 Å². The fraction of sp³-hybridized carbons (Fsp3) is 0.571. The quantitative estimate of drug-likeness (QED) is 0.587. The molecule has 1 unspecified atom stereocenters. The van der Waals surface area contributed by atoms with Gasteiger partial charge in [-0.2, -0.15) is 0 Å². The van der Waals surface area contributed by atoms with Crippen LogP contribution in [0.15, 0.2) is 18.2 Å². The lowest BCUT2D eigenvalue weighted by Gasteiger charge is -2.27. The van der Waals surface area contributed by atoms with Gasteiger partial charge in [0.05, 0.1) is 0 Å². The first-order valence-electron chi connectivity index (χ1n) is 6.36. The lowest BCUT2D eigenvalue weighted by Crippen LogP contribution is -2.18. The molecule has 0 amide bonds. The highest BCUT2D eigenvalue weighted by molar-refractivity contribution is 7.96. The number of nitrogens with zero attached hydrogens (tertiary/aromatic N) is 1. The zero-order chi connectivity index (χ0) is 12.3. The molecular weight excluding hydrogens is 233 g/mol. The average molecular weight is 253 g/mol. The Labute approximate surface area is 108 Å². The molecule has 0 N–H and O–H groups in total. The van der Waals surface area contributed by atoms with E-state index in [9.17, 15) is 4.39 Å². The van der Waals surface area contributed by atoms with Gasteiger partial charge in [0.1, 0.15) is 5.82 Å². The minimum absolute atomic E-state index is 0.106. The van der Waals surface area contributed by atoms with E-state index in [-0.39, 0.29) is 5.82 Å². The Morgan fingerprint density at radius 2 is 2.24 bits per heavy atom. The van der Waals surface area contributed by atoms with E-state index in [1.807, 2.05) is 18.0 Å². The molecule has 0 radical (unpaired) electrons. The molecule has 0 aromatic heterocycles. The van der Waals surface area contributed by atoms with Crippen LogP contribution in [0.25, 0.3) is 0 Å². The molecule has 0 saturated carbocycles. The Balaban J connectivity index is 2.31. The van der Waals surface area contributed by atoms with Crippen LogP contribution in [0.2, 0.25) is 0 Å². The monoisotopic (exact) mass is 253 g/mol. The van der Waals surface area contributed by atoms with Crippen molar-refractivity contribution in [1.29, 1.82) is 0 Å². The van der Waals surface area contributed by atoms with E-state index in [2.05, 4.69) is 18.3 Å². The second kappa shape index (κ2) is 5.87. The van der Waals surface area contributed by atoms with Crippen molar-refractivity contribution in [3.8, 4) is 0 Å². The number of aryl methyl sites for hydroxylation is 1. The van der Waals surface area contributed by atoms with Crippen LogP contribution >= 0.6 is 11.9 Å². The van der Waals surface area contributed by atoms with Crippen molar-refractivity contribution in [3.63, 3.8) is 0 Å². The minimum Gasteiger partial charge on any atom is -0.246 e. The molecule has 0 bridgehead atoms. The Kier molecular flexibility index (Phi) is 4.46. The lowest BCUT2D eigenvalue weighted by atomic mass is 9.99. The van der Waals surface area contributed by atoms with Crippen molar-refractivity contribution in [2.45, 2.75) is 38.6 Å². The normalized spacial score (nSPS) is 20.1. The summed E-state index contributed by atoms with van der Waals surface area (Å²) < 4.78 is 15.7. The first kappa shape index (κ1) is 12.9. The summed E-state index contributed by atoms with van der Waals surface area (Å²) in [5.74, 6) is 0.961. The van der Waals surface area contributed by atoms with Gasteiger partial charge in [-0.15, -0.1) is 0 Å². The van der Waals surface area contributed by atoms with Crippen LogP contribution in [0.4, 0.5) is 4.39 Å². The molecule has 1 atom stereocenters. The summed E-state index contributed by atoms with van der Waals surface area (Å²) in [6.07, 6.45) is 4.69. The van der Waals surface area contributed by atoms with Crippen LogP contribution in [0, 0.1) is 5.82 Å². The highest BCUT2D eigenvalue weighted by Gasteiger charge is 2.22. The van der Waals surface area contributed by atoms with Gasteiger partial charge in [0, 0.05) is 11.8 Å². The Morgan fingerprint density at radius 1 is 1.41 bits per heavy atom. The van der Waals surface area contributed by atoms with E-state index < -0.39 is 0 Å². The summed E-state index contributed by atoms with van der Waals surface area (Å²) >= 11 is 1.83. The van der Waals surface area contributed by atoms with Gasteiger partial charge in [0.2, 0.25) is 0 Å². The van der Waals surface area contributed by atoms with Crippen LogP contribution < -0.4 is 0 Å². The highest BCUT2D eigenvalue weighted by atomic mass is 32.2. The molecule has 0 fully saturated rings. The Hall–Kier alpha value is -0.540. The van der Waals surface area contributed by atoms with Crippen LogP contribution in [0.3, 0.4) is 0 Å². The third-order valence-electron chi connectivity index (χ3n) is 3.41. The molecule has 1 nitrogen and oxygen atoms in total. The summed E-state index contributed by atoms with van der Waals surface area (Å²) in [7, 11) is 2.12. The number of halogens is 1. The summed E-state index contributed by atoms with van der Waals surface area (Å²) in [5, 5.41) is 0. The highest BCUT2D eigenvalue weighted by Crippen LogP contribution is 2.35. The lowest BCUT2D eigenvalue weighted by molar-refractivity contribution is 0.389. The fourth-order valence-electron chi connectivity index (χ4n) is 2.58. The smallest absolute Gasteiger partial charge is 0.123 e. The molecule has 2 rings (SSSR count). The molecule has 1 aliphatic rings. The fourth-order valence-corrected chi connectivity index (χ4v) is 3.39. The van der Waals surface area contributed by atoms with Gasteiger partial charge in [-0.05, 0) is 49.6 Å². The summed E-state index contributed by atoms with van der Waals surface area (Å²) in [6.45, 7) is 2.16. The first-order chi connectivity index (χ1) is 8.22. The number of hydrogen-bond donors (Lipinski definition) is 0. The average Bonchev–Trinajstić information content (AvgIpc) is 2.51. The van der Waals surface area contributed by atoms with Gasteiger partial charge < -0.3 is 0 Å². The second-order valence-electron chi connectivity index (χ2n) is 4.57. The molecular formula is C14H20FNS. The van der Waals surface area contributed by atoms with E-state index in [4.69, 9.17) is 0 Å². The topological polar surface area (TPSA) is 3.24 Å². The first-order valence-corrected chi connectivity index (χ1v) is 7.30. The third-order valence-corrected chi connectivity index (χ3v) is 4.33. The van der Waals surface area contributed by atoms with Crippen molar-refractivity contribution in [2.75, 3.05) is 12.8 Å². The zero-order valence-corrected chi connectivity index (χ0v) is 11.4. The number of hydrogen-bond acceptors (Lipinski definition) is 2. The van der Waals surface area contributed by atoms with Crippen LogP contribution in [0.1, 0.15) is 43.4 Å². The van der Waals surface area contributed by atoms with Gasteiger partial charge in [0.15, 0.2) is 0 Å². The summed E-state index contributed by atoms with van der Waals surface area (Å²) in [4.78, 5) is 0. The molecule has 0 saturated heterocycles. The molecule has 94 valence electrons. The van der Waals surface area contributed by atoms with E-state index >= 15 is 0 Å². The van der Waals surface area contributed by atoms with Crippen molar-refractivity contribution in [3.05, 3.63) is 35.1 Å². The molecule has 1 aromatic rings. The molecule has 0 spiro atoms. The van der Waals surface area contributed by atoms with E-state index in [1.165, 1.54) is 24.0 Å². The van der Waals surface area contributed by atoms with Gasteiger partial charge in [-0.25, -0.2) is 8.70 Å². The van der Waals surface area contributed by atoms with E-state index in [0.29, 0.717) is 6.04 Å². The molecule has 0 heterocycles. The SMILES string of the molecule is CCSN(C)C1CCCCc2ccc(F)cc21. The maximum absolute atomic E-state index is 13.4. The zero-order valence-electron chi connectivity index (χ0n) is 10.6. The third kappa shape index (κ3) is 3.02. The Morgan fingerprint density at radius 3 is 3.00 bits per heavy atom. The second-order valence-corrected chi connectivity index (χ2v) is 5.98. The molecule has 3 heteroatoms. The van der Waals surface area contributed by atoms with E-state index in [1.54, 1.807) is 12.1 Å². The summed E-state index contributed by atoms with van der Waals surface area (Å²) in [6, 6.07) is 5.66. The Bertz CT molecular complexity index is 380. The maximum Gasteiger partial charge on any atom is 0.123 e. The standard InChI is InChI=1S/C14H20FNS/c1-3-17-16(2)14-7-5-4-6-11-8-9-12(15)10-13(11)14/h8-10,14H,3-7H2,1-2H3. The van der Waals surface area contributed by atoms with Crippen molar-refractivity contribution < 1.29 is 4.39 Å². The van der Waals surface area contributed by atoms with Crippen LogP contribution in [-0.4, -0.2) is 17.1 Å². The van der Waals surface area contributed by atoms with Crippen LogP contribution in [-0.2, 0) is 6.42 Å². The van der Waals surface area contributed by atoms with Crippen molar-refractivity contribution >= 4 is 11.9 Å². The number of rotatable bonds is 3. The largest absolute Gasteiger partial charge is 0.246 e.